The van der Waals surface area contributed by atoms with Crippen LogP contribution in [0, 0.1) is 13.7 Å². The summed E-state index contributed by atoms with van der Waals surface area (Å²) in [7, 11) is 0. The monoisotopic (exact) mass is 701 g/mol. The SMILES string of the molecule is CCCOc1ccc(C(=O)N/N=C/c2cc(I)c(Oc3ccc(C(F)(F)F)cc3[N+](=O)[O-])c(OCC)c2)cc1OCC. The van der Waals surface area contributed by atoms with Gasteiger partial charge in [-0.25, -0.2) is 5.43 Å². The standard InChI is InChI=1S/C28H27F3IN3O7/c1-4-11-41-23-9-7-18(14-24(23)39-5-2)27(36)34-33-16-17-12-20(32)26(25(13-17)40-6-3)42-22-10-8-19(28(29,30)31)15-21(22)35(37)38/h7-10,12-16H,4-6,11H2,1-3H3,(H,34,36)/b33-16+. The summed E-state index contributed by atoms with van der Waals surface area (Å²) in [6.45, 7) is 6.58. The second kappa shape index (κ2) is 14.7. The molecule has 0 atom stereocenters. The minimum Gasteiger partial charge on any atom is -0.490 e. The topological polar surface area (TPSA) is 122 Å². The quantitative estimate of drug-likeness (QED) is 0.0856. The Balaban J connectivity index is 1.83. The molecule has 224 valence electrons. The van der Waals surface area contributed by atoms with Crippen molar-refractivity contribution in [1.29, 1.82) is 0 Å². The number of ether oxygens (including phenoxy) is 4. The van der Waals surface area contributed by atoms with E-state index >= 15 is 0 Å². The molecule has 14 heteroatoms. The molecule has 42 heavy (non-hydrogen) atoms. The van der Waals surface area contributed by atoms with Crippen molar-refractivity contribution in [3.8, 4) is 28.7 Å². The lowest BCUT2D eigenvalue weighted by molar-refractivity contribution is -0.385. The van der Waals surface area contributed by atoms with Crippen LogP contribution in [0.3, 0.4) is 0 Å². The van der Waals surface area contributed by atoms with Gasteiger partial charge in [0.25, 0.3) is 5.91 Å². The molecular formula is C28H27F3IN3O7. The molecule has 0 saturated heterocycles. The molecule has 0 saturated carbocycles. The molecular weight excluding hydrogens is 674 g/mol. The summed E-state index contributed by atoms with van der Waals surface area (Å²) in [5.74, 6) is 0.301. The number of nitrogens with zero attached hydrogens (tertiary/aromatic N) is 2. The molecule has 3 aromatic rings. The lowest BCUT2D eigenvalue weighted by atomic mass is 10.1. The van der Waals surface area contributed by atoms with Crippen LogP contribution >= 0.6 is 22.6 Å². The van der Waals surface area contributed by atoms with E-state index < -0.39 is 34.0 Å². The molecule has 0 spiro atoms. The van der Waals surface area contributed by atoms with E-state index in [0.29, 0.717) is 51.5 Å². The molecule has 0 aliphatic carbocycles. The predicted octanol–water partition coefficient (Wildman–Crippen LogP) is 7.36. The molecule has 1 amide bonds. The summed E-state index contributed by atoms with van der Waals surface area (Å²) >= 11 is 1.90. The van der Waals surface area contributed by atoms with Crippen LogP contribution in [-0.2, 0) is 6.18 Å². The molecule has 0 aliphatic rings. The third-order valence-corrected chi connectivity index (χ3v) is 6.18. The van der Waals surface area contributed by atoms with E-state index in [9.17, 15) is 28.1 Å². The van der Waals surface area contributed by atoms with Crippen LogP contribution in [0.2, 0.25) is 0 Å². The number of alkyl halides is 3. The Labute approximate surface area is 253 Å². The average Bonchev–Trinajstić information content (AvgIpc) is 2.93. The molecule has 1 N–H and O–H groups in total. The first-order chi connectivity index (χ1) is 20.0. The third kappa shape index (κ3) is 8.47. The summed E-state index contributed by atoms with van der Waals surface area (Å²) in [6, 6.07) is 9.89. The van der Waals surface area contributed by atoms with Crippen LogP contribution in [0.5, 0.6) is 28.7 Å². The number of nitrogens with one attached hydrogen (secondary N) is 1. The molecule has 0 aromatic heterocycles. The lowest BCUT2D eigenvalue weighted by Crippen LogP contribution is -2.17. The highest BCUT2D eigenvalue weighted by molar-refractivity contribution is 14.1. The van der Waals surface area contributed by atoms with Crippen LogP contribution in [0.25, 0.3) is 0 Å². The first-order valence-electron chi connectivity index (χ1n) is 12.7. The van der Waals surface area contributed by atoms with Crippen LogP contribution in [0.4, 0.5) is 18.9 Å². The Morgan fingerprint density at radius 1 is 0.976 bits per heavy atom. The fraction of sp³-hybridized carbons (Fsp3) is 0.286. The van der Waals surface area contributed by atoms with Gasteiger partial charge in [-0.15, -0.1) is 0 Å². The van der Waals surface area contributed by atoms with Gasteiger partial charge in [-0.05, 0) is 90.9 Å². The highest BCUT2D eigenvalue weighted by atomic mass is 127. The fourth-order valence-electron chi connectivity index (χ4n) is 3.54. The molecule has 0 aliphatic heterocycles. The largest absolute Gasteiger partial charge is 0.490 e. The first kappa shape index (κ1) is 32.4. The highest BCUT2D eigenvalue weighted by Crippen LogP contribution is 2.42. The molecule has 10 nitrogen and oxygen atoms in total. The third-order valence-electron chi connectivity index (χ3n) is 5.37. The Bertz CT molecular complexity index is 1470. The van der Waals surface area contributed by atoms with E-state index in [1.165, 1.54) is 12.3 Å². The molecule has 0 heterocycles. The maximum atomic E-state index is 13.1. The number of benzene rings is 3. The van der Waals surface area contributed by atoms with Gasteiger partial charge in [0.15, 0.2) is 23.0 Å². The summed E-state index contributed by atoms with van der Waals surface area (Å²) in [6.07, 6.45) is -2.59. The van der Waals surface area contributed by atoms with Crippen molar-refractivity contribution in [2.24, 2.45) is 5.10 Å². The van der Waals surface area contributed by atoms with Gasteiger partial charge in [-0.1, -0.05) is 6.92 Å². The van der Waals surface area contributed by atoms with Crippen molar-refractivity contribution in [3.63, 3.8) is 0 Å². The van der Waals surface area contributed by atoms with Gasteiger partial charge in [0.1, 0.15) is 0 Å². The Kier molecular flexibility index (Phi) is 11.4. The van der Waals surface area contributed by atoms with E-state index in [-0.39, 0.29) is 18.1 Å². The van der Waals surface area contributed by atoms with E-state index in [0.717, 1.165) is 12.5 Å². The van der Waals surface area contributed by atoms with Gasteiger partial charge in [0, 0.05) is 11.6 Å². The summed E-state index contributed by atoms with van der Waals surface area (Å²) in [5.41, 5.74) is 1.19. The van der Waals surface area contributed by atoms with Gasteiger partial charge in [0.05, 0.1) is 40.1 Å². The summed E-state index contributed by atoms with van der Waals surface area (Å²) < 4.78 is 62.2. The number of carbonyl (C=O) groups excluding carboxylic acids is 1. The minimum absolute atomic E-state index is 0.0651. The Hall–Kier alpha value is -4.08. The van der Waals surface area contributed by atoms with Crippen molar-refractivity contribution in [2.75, 3.05) is 19.8 Å². The summed E-state index contributed by atoms with van der Waals surface area (Å²) in [5, 5.41) is 15.5. The predicted molar refractivity (Wildman–Crippen MR) is 157 cm³/mol. The Morgan fingerprint density at radius 3 is 2.31 bits per heavy atom. The number of rotatable bonds is 13. The Morgan fingerprint density at radius 2 is 1.67 bits per heavy atom. The number of amides is 1. The fourth-order valence-corrected chi connectivity index (χ4v) is 4.27. The smallest absolute Gasteiger partial charge is 0.416 e. The van der Waals surface area contributed by atoms with Crippen molar-refractivity contribution in [3.05, 3.63) is 78.9 Å². The zero-order valence-electron chi connectivity index (χ0n) is 22.8. The van der Waals surface area contributed by atoms with Gasteiger partial charge in [-0.2, -0.15) is 18.3 Å². The second-order valence-corrected chi connectivity index (χ2v) is 9.61. The molecule has 0 unspecified atom stereocenters. The van der Waals surface area contributed by atoms with Gasteiger partial charge in [0.2, 0.25) is 5.75 Å². The maximum absolute atomic E-state index is 13.1. The van der Waals surface area contributed by atoms with Crippen molar-refractivity contribution in [1.82, 2.24) is 5.43 Å². The van der Waals surface area contributed by atoms with Crippen molar-refractivity contribution in [2.45, 2.75) is 33.4 Å². The molecule has 3 aromatic carbocycles. The highest BCUT2D eigenvalue weighted by Gasteiger charge is 2.33. The van der Waals surface area contributed by atoms with E-state index in [4.69, 9.17) is 18.9 Å². The van der Waals surface area contributed by atoms with Crippen molar-refractivity contribution < 1.29 is 41.8 Å². The normalized spacial score (nSPS) is 11.3. The number of hydrazone groups is 1. The molecule has 3 rings (SSSR count). The number of hydrogen-bond donors (Lipinski definition) is 1. The van der Waals surface area contributed by atoms with Crippen LogP contribution in [-0.4, -0.2) is 36.9 Å². The number of carbonyl (C=O) groups is 1. The van der Waals surface area contributed by atoms with Crippen LogP contribution in [0.15, 0.2) is 53.6 Å². The van der Waals surface area contributed by atoms with E-state index in [1.54, 1.807) is 31.2 Å². The van der Waals surface area contributed by atoms with Crippen LogP contribution < -0.4 is 24.4 Å². The second-order valence-electron chi connectivity index (χ2n) is 8.44. The number of hydrogen-bond acceptors (Lipinski definition) is 8. The zero-order chi connectivity index (χ0) is 30.9. The van der Waals surface area contributed by atoms with Gasteiger partial charge >= 0.3 is 11.9 Å². The molecule has 0 fully saturated rings. The van der Waals surface area contributed by atoms with Crippen LogP contribution in [0.1, 0.15) is 48.7 Å². The minimum atomic E-state index is -4.76. The van der Waals surface area contributed by atoms with E-state index in [1.807, 2.05) is 36.4 Å². The molecule has 0 radical (unpaired) electrons. The average molecular weight is 701 g/mol. The summed E-state index contributed by atoms with van der Waals surface area (Å²) in [4.78, 5) is 23.2. The number of nitro benzene ring substituents is 1. The molecule has 0 bridgehead atoms. The zero-order valence-corrected chi connectivity index (χ0v) is 24.9. The maximum Gasteiger partial charge on any atom is 0.416 e. The van der Waals surface area contributed by atoms with Crippen molar-refractivity contribution >= 4 is 40.4 Å². The lowest BCUT2D eigenvalue weighted by Gasteiger charge is -2.15. The van der Waals surface area contributed by atoms with E-state index in [2.05, 4.69) is 10.5 Å². The first-order valence-corrected chi connectivity index (χ1v) is 13.8. The number of nitro groups is 1. The van der Waals surface area contributed by atoms with Gasteiger partial charge in [-0.3, -0.25) is 14.9 Å². The number of halogens is 4. The van der Waals surface area contributed by atoms with Gasteiger partial charge < -0.3 is 18.9 Å².